The second-order valence-corrected chi connectivity index (χ2v) is 7.55. The Bertz CT molecular complexity index is 1360. The number of amides is 3. The Hall–Kier alpha value is -4.33. The predicted octanol–water partition coefficient (Wildman–Crippen LogP) is 3.35. The van der Waals surface area contributed by atoms with Crippen molar-refractivity contribution in [1.29, 1.82) is 0 Å². The minimum atomic E-state index is -0.375. The molecule has 2 aromatic carbocycles. The molecular formula is C24H19N5O3. The lowest BCUT2D eigenvalue weighted by atomic mass is 10.1. The van der Waals surface area contributed by atoms with Crippen molar-refractivity contribution in [2.75, 3.05) is 11.9 Å². The number of aryl methyl sites for hydroxylation is 1. The largest absolute Gasteiger partial charge is 0.310 e. The lowest BCUT2D eigenvalue weighted by Crippen LogP contribution is -2.33. The Morgan fingerprint density at radius 2 is 1.62 bits per heavy atom. The van der Waals surface area contributed by atoms with Crippen molar-refractivity contribution in [3.63, 3.8) is 0 Å². The molecular weight excluding hydrogens is 406 g/mol. The first-order valence-corrected chi connectivity index (χ1v) is 10.2. The fourth-order valence-corrected chi connectivity index (χ4v) is 3.80. The first kappa shape index (κ1) is 19.6. The fourth-order valence-electron chi connectivity index (χ4n) is 3.80. The Kier molecular flexibility index (Phi) is 4.74. The highest BCUT2D eigenvalue weighted by Crippen LogP contribution is 2.23. The van der Waals surface area contributed by atoms with E-state index in [1.54, 1.807) is 35.0 Å². The van der Waals surface area contributed by atoms with Gasteiger partial charge in [-0.25, -0.2) is 4.98 Å². The summed E-state index contributed by atoms with van der Waals surface area (Å²) in [6.45, 7) is 1.82. The molecule has 3 amide bonds. The molecule has 1 N–H and O–H groups in total. The predicted molar refractivity (Wildman–Crippen MR) is 119 cm³/mol. The quantitative estimate of drug-likeness (QED) is 0.495. The van der Waals surface area contributed by atoms with Crippen LogP contribution in [0.1, 0.15) is 32.8 Å². The van der Waals surface area contributed by atoms with Gasteiger partial charge in [-0.3, -0.25) is 19.3 Å². The topological polar surface area (TPSA) is 97.2 Å². The lowest BCUT2D eigenvalue weighted by Gasteiger charge is -2.14. The molecule has 8 nitrogen and oxygen atoms in total. The van der Waals surface area contributed by atoms with Crippen molar-refractivity contribution in [1.82, 2.24) is 19.7 Å². The zero-order valence-corrected chi connectivity index (χ0v) is 17.3. The lowest BCUT2D eigenvalue weighted by molar-refractivity contribution is -0.116. The van der Waals surface area contributed by atoms with Gasteiger partial charge in [0.2, 0.25) is 5.91 Å². The van der Waals surface area contributed by atoms with E-state index in [9.17, 15) is 14.4 Å². The molecule has 3 heterocycles. The number of para-hydroxylation sites is 1. The van der Waals surface area contributed by atoms with Gasteiger partial charge in [0.25, 0.3) is 11.8 Å². The number of fused-ring (bicyclic) bond motifs is 2. The molecule has 0 aliphatic carbocycles. The molecule has 1 aliphatic heterocycles. The number of nitrogens with one attached hydrogen (secondary N) is 1. The summed E-state index contributed by atoms with van der Waals surface area (Å²) in [7, 11) is 0. The minimum absolute atomic E-state index is 0.000472. The van der Waals surface area contributed by atoms with Gasteiger partial charge in [0.15, 0.2) is 5.82 Å². The normalized spacial score (nSPS) is 13.0. The van der Waals surface area contributed by atoms with Gasteiger partial charge in [0.05, 0.1) is 22.3 Å². The second kappa shape index (κ2) is 7.73. The van der Waals surface area contributed by atoms with Gasteiger partial charge in [-0.15, -0.1) is 0 Å². The SMILES string of the molecule is Cc1cc(NC(=O)CCN2C(=O)c3ccccc3C2=O)n(-c2ccc3ccccc3n2)n1. The van der Waals surface area contributed by atoms with Gasteiger partial charge in [0.1, 0.15) is 5.82 Å². The van der Waals surface area contributed by atoms with Crippen molar-refractivity contribution in [3.05, 3.63) is 83.6 Å². The first-order chi connectivity index (χ1) is 15.5. The second-order valence-electron chi connectivity index (χ2n) is 7.55. The van der Waals surface area contributed by atoms with Gasteiger partial charge in [0, 0.05) is 24.4 Å². The Morgan fingerprint density at radius 3 is 2.38 bits per heavy atom. The summed E-state index contributed by atoms with van der Waals surface area (Å²) in [4.78, 5) is 43.3. The number of carbonyl (C=O) groups is 3. The van der Waals surface area contributed by atoms with Crippen LogP contribution in [0.5, 0.6) is 0 Å². The van der Waals surface area contributed by atoms with E-state index >= 15 is 0 Å². The van der Waals surface area contributed by atoms with Crippen LogP contribution in [0.25, 0.3) is 16.7 Å². The molecule has 0 unspecified atom stereocenters. The molecule has 0 atom stereocenters. The first-order valence-electron chi connectivity index (χ1n) is 10.2. The third-order valence-corrected chi connectivity index (χ3v) is 5.34. The highest BCUT2D eigenvalue weighted by atomic mass is 16.2. The van der Waals surface area contributed by atoms with Crippen molar-refractivity contribution in [3.8, 4) is 5.82 Å². The molecule has 0 saturated heterocycles. The molecule has 0 fully saturated rings. The summed E-state index contributed by atoms with van der Waals surface area (Å²) in [6.07, 6.45) is -0.0269. The minimum Gasteiger partial charge on any atom is -0.310 e. The number of aromatic nitrogens is 3. The summed E-state index contributed by atoms with van der Waals surface area (Å²) >= 11 is 0. The molecule has 2 aromatic heterocycles. The van der Waals surface area contributed by atoms with E-state index in [0.29, 0.717) is 22.8 Å². The van der Waals surface area contributed by atoms with Crippen LogP contribution < -0.4 is 5.32 Å². The number of hydrogen-bond acceptors (Lipinski definition) is 5. The van der Waals surface area contributed by atoms with Gasteiger partial charge in [-0.05, 0) is 37.3 Å². The third kappa shape index (κ3) is 3.41. The summed E-state index contributed by atoms with van der Waals surface area (Å²) in [5, 5.41) is 8.28. The van der Waals surface area contributed by atoms with E-state index in [4.69, 9.17) is 0 Å². The standard InChI is InChI=1S/C24H19N5O3/c1-15-14-21(29(27-15)20-11-10-16-6-2-5-9-19(16)25-20)26-22(30)12-13-28-23(31)17-7-3-4-8-18(17)24(28)32/h2-11,14H,12-13H2,1H3,(H,26,30). The number of anilines is 1. The van der Waals surface area contributed by atoms with Gasteiger partial charge in [-0.1, -0.05) is 30.3 Å². The van der Waals surface area contributed by atoms with E-state index in [1.807, 2.05) is 43.3 Å². The molecule has 158 valence electrons. The van der Waals surface area contributed by atoms with Crippen LogP contribution >= 0.6 is 0 Å². The van der Waals surface area contributed by atoms with Gasteiger partial charge < -0.3 is 5.32 Å². The number of nitrogens with zero attached hydrogens (tertiary/aromatic N) is 4. The number of rotatable bonds is 5. The maximum Gasteiger partial charge on any atom is 0.261 e. The van der Waals surface area contributed by atoms with Crippen molar-refractivity contribution < 1.29 is 14.4 Å². The summed E-state index contributed by atoms with van der Waals surface area (Å²) in [5.41, 5.74) is 2.28. The average Bonchev–Trinajstić information content (AvgIpc) is 3.29. The van der Waals surface area contributed by atoms with E-state index in [-0.39, 0.29) is 30.7 Å². The number of pyridine rings is 1. The fraction of sp³-hybridized carbons (Fsp3) is 0.125. The van der Waals surface area contributed by atoms with Gasteiger partial charge in [-0.2, -0.15) is 9.78 Å². The molecule has 0 saturated carbocycles. The highest BCUT2D eigenvalue weighted by Gasteiger charge is 2.35. The van der Waals surface area contributed by atoms with E-state index in [0.717, 1.165) is 21.5 Å². The Labute approximate surface area is 183 Å². The van der Waals surface area contributed by atoms with Crippen LogP contribution in [0.3, 0.4) is 0 Å². The molecule has 0 spiro atoms. The van der Waals surface area contributed by atoms with Crippen LogP contribution in [0.15, 0.2) is 66.7 Å². The molecule has 0 radical (unpaired) electrons. The van der Waals surface area contributed by atoms with Crippen molar-refractivity contribution >= 4 is 34.4 Å². The molecule has 32 heavy (non-hydrogen) atoms. The van der Waals surface area contributed by atoms with Crippen molar-refractivity contribution in [2.45, 2.75) is 13.3 Å². The molecule has 5 rings (SSSR count). The van der Waals surface area contributed by atoms with Gasteiger partial charge >= 0.3 is 0 Å². The molecule has 0 bridgehead atoms. The summed E-state index contributed by atoms with van der Waals surface area (Å²) in [6, 6.07) is 19.9. The van der Waals surface area contributed by atoms with Crippen LogP contribution in [0.2, 0.25) is 0 Å². The van der Waals surface area contributed by atoms with E-state index < -0.39 is 0 Å². The van der Waals surface area contributed by atoms with Crippen LogP contribution in [-0.4, -0.2) is 43.9 Å². The van der Waals surface area contributed by atoms with Crippen LogP contribution in [-0.2, 0) is 4.79 Å². The zero-order valence-electron chi connectivity index (χ0n) is 17.3. The number of hydrogen-bond donors (Lipinski definition) is 1. The van der Waals surface area contributed by atoms with Crippen LogP contribution in [0, 0.1) is 6.92 Å². The maximum atomic E-state index is 12.6. The number of benzene rings is 2. The number of imide groups is 1. The highest BCUT2D eigenvalue weighted by molar-refractivity contribution is 6.21. The zero-order chi connectivity index (χ0) is 22.2. The molecule has 1 aliphatic rings. The monoisotopic (exact) mass is 425 g/mol. The van der Waals surface area contributed by atoms with E-state index in [1.165, 1.54) is 0 Å². The smallest absolute Gasteiger partial charge is 0.261 e. The maximum absolute atomic E-state index is 12.6. The Balaban J connectivity index is 1.31. The van der Waals surface area contributed by atoms with Crippen LogP contribution in [0.4, 0.5) is 5.82 Å². The summed E-state index contributed by atoms with van der Waals surface area (Å²) in [5.74, 6) is -0.0344. The molecule has 8 heteroatoms. The third-order valence-electron chi connectivity index (χ3n) is 5.34. The summed E-state index contributed by atoms with van der Waals surface area (Å²) < 4.78 is 1.57. The van der Waals surface area contributed by atoms with E-state index in [2.05, 4.69) is 15.4 Å². The Morgan fingerprint density at radius 1 is 0.938 bits per heavy atom. The average molecular weight is 425 g/mol. The van der Waals surface area contributed by atoms with Crippen molar-refractivity contribution in [2.24, 2.45) is 0 Å². The number of carbonyl (C=O) groups excluding carboxylic acids is 3. The molecule has 4 aromatic rings.